The zero-order valence-corrected chi connectivity index (χ0v) is 10.7. The molecule has 0 bridgehead atoms. The Kier molecular flexibility index (Phi) is 3.81. The van der Waals surface area contributed by atoms with Crippen molar-refractivity contribution in [1.82, 2.24) is 14.9 Å². The van der Waals surface area contributed by atoms with Crippen LogP contribution in [0.4, 0.5) is 0 Å². The highest BCUT2D eigenvalue weighted by Gasteiger charge is 2.28. The number of nitrogens with one attached hydrogen (secondary N) is 1. The molecule has 1 aliphatic heterocycles. The smallest absolute Gasteiger partial charge is 0.162 e. The SMILES string of the molecule is CC(Cn1ccnc1)NC1COC(C)(C)OC1. The van der Waals surface area contributed by atoms with Crippen LogP contribution in [0.15, 0.2) is 18.7 Å². The highest BCUT2D eigenvalue weighted by atomic mass is 16.7. The van der Waals surface area contributed by atoms with E-state index in [2.05, 4.69) is 21.8 Å². The standard InChI is InChI=1S/C12H21N3O2/c1-10(6-15-5-4-13-9-15)14-11-7-16-12(2,3)17-8-11/h4-5,9-11,14H,6-8H2,1-3H3. The quantitative estimate of drug-likeness (QED) is 0.852. The van der Waals surface area contributed by atoms with Crippen molar-refractivity contribution < 1.29 is 9.47 Å². The van der Waals surface area contributed by atoms with Crippen molar-refractivity contribution in [3.63, 3.8) is 0 Å². The molecular formula is C12H21N3O2. The summed E-state index contributed by atoms with van der Waals surface area (Å²) >= 11 is 0. The molecule has 0 aliphatic carbocycles. The summed E-state index contributed by atoms with van der Waals surface area (Å²) in [5.74, 6) is -0.439. The molecular weight excluding hydrogens is 218 g/mol. The Morgan fingerprint density at radius 1 is 1.47 bits per heavy atom. The Hall–Kier alpha value is -0.910. The molecule has 1 unspecified atom stereocenters. The maximum atomic E-state index is 5.61. The van der Waals surface area contributed by atoms with Crippen LogP contribution in [0.2, 0.25) is 0 Å². The third-order valence-corrected chi connectivity index (χ3v) is 2.83. The summed E-state index contributed by atoms with van der Waals surface area (Å²) in [5, 5.41) is 3.50. The van der Waals surface area contributed by atoms with Crippen molar-refractivity contribution >= 4 is 0 Å². The highest BCUT2D eigenvalue weighted by molar-refractivity contribution is 4.80. The molecule has 17 heavy (non-hydrogen) atoms. The molecule has 2 rings (SSSR count). The van der Waals surface area contributed by atoms with Gasteiger partial charge in [0, 0.05) is 25.0 Å². The molecule has 1 N–H and O–H groups in total. The first-order valence-electron chi connectivity index (χ1n) is 6.05. The van der Waals surface area contributed by atoms with Crippen molar-refractivity contribution in [2.24, 2.45) is 0 Å². The second kappa shape index (κ2) is 5.16. The van der Waals surface area contributed by atoms with Crippen LogP contribution in [0.3, 0.4) is 0 Å². The van der Waals surface area contributed by atoms with Crippen LogP contribution < -0.4 is 5.32 Å². The van der Waals surface area contributed by atoms with Gasteiger partial charge in [-0.3, -0.25) is 0 Å². The van der Waals surface area contributed by atoms with E-state index in [0.29, 0.717) is 19.3 Å². The normalized spacial score (nSPS) is 22.5. The summed E-state index contributed by atoms with van der Waals surface area (Å²) < 4.78 is 13.3. The molecule has 1 atom stereocenters. The minimum Gasteiger partial charge on any atom is -0.349 e. The number of nitrogens with zero attached hydrogens (tertiary/aromatic N) is 2. The van der Waals surface area contributed by atoms with Gasteiger partial charge in [-0.25, -0.2) is 4.98 Å². The lowest BCUT2D eigenvalue weighted by atomic mass is 10.2. The third kappa shape index (κ3) is 3.80. The van der Waals surface area contributed by atoms with Gasteiger partial charge in [-0.2, -0.15) is 0 Å². The molecule has 5 heteroatoms. The fourth-order valence-corrected chi connectivity index (χ4v) is 1.95. The van der Waals surface area contributed by atoms with E-state index in [1.807, 2.05) is 26.4 Å². The Labute approximate surface area is 102 Å². The first-order valence-corrected chi connectivity index (χ1v) is 6.05. The molecule has 1 aliphatic rings. The minimum atomic E-state index is -0.439. The average Bonchev–Trinajstić information content (AvgIpc) is 2.74. The third-order valence-electron chi connectivity index (χ3n) is 2.83. The average molecular weight is 239 g/mol. The van der Waals surface area contributed by atoms with Gasteiger partial charge in [0.15, 0.2) is 5.79 Å². The second-order valence-electron chi connectivity index (χ2n) is 5.05. The van der Waals surface area contributed by atoms with E-state index in [9.17, 15) is 0 Å². The first kappa shape index (κ1) is 12.5. The minimum absolute atomic E-state index is 0.265. The second-order valence-corrected chi connectivity index (χ2v) is 5.05. The van der Waals surface area contributed by atoms with Crippen LogP contribution in [0.5, 0.6) is 0 Å². The van der Waals surface area contributed by atoms with Gasteiger partial charge in [0.25, 0.3) is 0 Å². The lowest BCUT2D eigenvalue weighted by Crippen LogP contribution is -2.51. The van der Waals surface area contributed by atoms with Crippen LogP contribution in [0, 0.1) is 0 Å². The number of ether oxygens (including phenoxy) is 2. The van der Waals surface area contributed by atoms with Crippen LogP contribution >= 0.6 is 0 Å². The van der Waals surface area contributed by atoms with Gasteiger partial charge in [0.05, 0.1) is 25.6 Å². The summed E-state index contributed by atoms with van der Waals surface area (Å²) in [6.07, 6.45) is 5.59. The number of aromatic nitrogens is 2. The molecule has 1 aromatic heterocycles. The molecule has 1 fully saturated rings. The molecule has 0 spiro atoms. The van der Waals surface area contributed by atoms with Crippen LogP contribution in [0.1, 0.15) is 20.8 Å². The zero-order chi connectivity index (χ0) is 12.3. The summed E-state index contributed by atoms with van der Waals surface area (Å²) in [4.78, 5) is 4.03. The molecule has 0 radical (unpaired) electrons. The molecule has 0 amide bonds. The lowest BCUT2D eigenvalue weighted by molar-refractivity contribution is -0.253. The molecule has 2 heterocycles. The van der Waals surface area contributed by atoms with E-state index < -0.39 is 5.79 Å². The fourth-order valence-electron chi connectivity index (χ4n) is 1.95. The van der Waals surface area contributed by atoms with Gasteiger partial charge >= 0.3 is 0 Å². The Balaban J connectivity index is 1.74. The van der Waals surface area contributed by atoms with Crippen molar-refractivity contribution in [1.29, 1.82) is 0 Å². The van der Waals surface area contributed by atoms with E-state index in [-0.39, 0.29) is 6.04 Å². The molecule has 0 saturated carbocycles. The lowest BCUT2D eigenvalue weighted by Gasteiger charge is -2.36. The van der Waals surface area contributed by atoms with E-state index in [4.69, 9.17) is 9.47 Å². The van der Waals surface area contributed by atoms with E-state index in [1.54, 1.807) is 6.20 Å². The summed E-state index contributed by atoms with van der Waals surface area (Å²) in [5.41, 5.74) is 0. The predicted molar refractivity (Wildman–Crippen MR) is 64.6 cm³/mol. The number of imidazole rings is 1. The summed E-state index contributed by atoms with van der Waals surface area (Å²) in [7, 11) is 0. The fraction of sp³-hybridized carbons (Fsp3) is 0.750. The zero-order valence-electron chi connectivity index (χ0n) is 10.7. The maximum Gasteiger partial charge on any atom is 0.162 e. The highest BCUT2D eigenvalue weighted by Crippen LogP contribution is 2.17. The Morgan fingerprint density at radius 2 is 2.18 bits per heavy atom. The molecule has 1 aromatic rings. The van der Waals surface area contributed by atoms with Crippen molar-refractivity contribution in [3.05, 3.63) is 18.7 Å². The van der Waals surface area contributed by atoms with E-state index in [1.165, 1.54) is 0 Å². The molecule has 0 aromatic carbocycles. The van der Waals surface area contributed by atoms with Gasteiger partial charge in [-0.1, -0.05) is 0 Å². The first-order chi connectivity index (χ1) is 8.05. The Morgan fingerprint density at radius 3 is 2.76 bits per heavy atom. The largest absolute Gasteiger partial charge is 0.349 e. The van der Waals surface area contributed by atoms with Crippen molar-refractivity contribution in [3.8, 4) is 0 Å². The number of hydrogen-bond acceptors (Lipinski definition) is 4. The van der Waals surface area contributed by atoms with Gasteiger partial charge in [0.1, 0.15) is 0 Å². The van der Waals surface area contributed by atoms with Gasteiger partial charge in [0.2, 0.25) is 0 Å². The monoisotopic (exact) mass is 239 g/mol. The van der Waals surface area contributed by atoms with Crippen molar-refractivity contribution in [2.75, 3.05) is 13.2 Å². The van der Waals surface area contributed by atoms with Crippen LogP contribution in [-0.2, 0) is 16.0 Å². The summed E-state index contributed by atoms with van der Waals surface area (Å²) in [6, 6.07) is 0.629. The van der Waals surface area contributed by atoms with Crippen LogP contribution in [0.25, 0.3) is 0 Å². The molecule has 5 nitrogen and oxygen atoms in total. The molecule has 96 valence electrons. The van der Waals surface area contributed by atoms with E-state index >= 15 is 0 Å². The topological polar surface area (TPSA) is 48.3 Å². The van der Waals surface area contributed by atoms with Crippen LogP contribution in [-0.4, -0.2) is 40.6 Å². The number of hydrogen-bond donors (Lipinski definition) is 1. The number of rotatable bonds is 4. The summed E-state index contributed by atoms with van der Waals surface area (Å²) in [6.45, 7) is 8.33. The van der Waals surface area contributed by atoms with E-state index in [0.717, 1.165) is 6.54 Å². The van der Waals surface area contributed by atoms with Gasteiger partial charge in [-0.15, -0.1) is 0 Å². The molecule has 1 saturated heterocycles. The maximum absolute atomic E-state index is 5.61. The van der Waals surface area contributed by atoms with Crippen molar-refractivity contribution in [2.45, 2.75) is 45.2 Å². The van der Waals surface area contributed by atoms with Gasteiger partial charge in [-0.05, 0) is 20.8 Å². The predicted octanol–water partition coefficient (Wildman–Crippen LogP) is 1.01. The Bertz CT molecular complexity index is 328. The van der Waals surface area contributed by atoms with Gasteiger partial charge < -0.3 is 19.4 Å².